The molecule has 3 N–H and O–H groups in total. The predicted octanol–water partition coefficient (Wildman–Crippen LogP) is 2.16. The molecule has 0 saturated carbocycles. The van der Waals surface area contributed by atoms with Crippen LogP contribution in [0.5, 0.6) is 11.5 Å². The molecule has 24 heavy (non-hydrogen) atoms. The fourth-order valence-electron chi connectivity index (χ4n) is 1.94. The lowest BCUT2D eigenvalue weighted by Crippen LogP contribution is -2.23. The van der Waals surface area contributed by atoms with Crippen molar-refractivity contribution >= 4 is 35.6 Å². The number of aryl methyl sites for hydroxylation is 1. The van der Waals surface area contributed by atoms with Crippen LogP contribution in [-0.2, 0) is 13.6 Å². The minimum Gasteiger partial charge on any atom is -0.494 e. The zero-order valence-electron chi connectivity index (χ0n) is 14.0. The topological polar surface area (TPSA) is 99.6 Å². The molecule has 2 rings (SSSR count). The van der Waals surface area contributed by atoms with Crippen molar-refractivity contribution in [3.8, 4) is 11.5 Å². The quantitative estimate of drug-likeness (QED) is 0.384. The number of ether oxygens (including phenoxy) is 2. The molecule has 0 radical (unpaired) electrons. The summed E-state index contributed by atoms with van der Waals surface area (Å²) < 4.78 is 12.7. The first-order valence-corrected chi connectivity index (χ1v) is 7.43. The highest BCUT2D eigenvalue weighted by Crippen LogP contribution is 2.29. The number of halogens is 1. The molecule has 0 amide bonds. The number of rotatable bonds is 7. The molecule has 132 valence electrons. The van der Waals surface area contributed by atoms with E-state index in [1.54, 1.807) is 11.7 Å². The first-order valence-electron chi connectivity index (χ1n) is 7.43. The largest absolute Gasteiger partial charge is 0.494 e. The molecule has 1 heterocycles. The minimum absolute atomic E-state index is 0. The van der Waals surface area contributed by atoms with E-state index in [9.17, 15) is 0 Å². The molecule has 0 unspecified atom stereocenters. The third kappa shape index (κ3) is 5.55. The van der Waals surface area contributed by atoms with Gasteiger partial charge in [0.15, 0.2) is 5.96 Å². The third-order valence-corrected chi connectivity index (χ3v) is 3.02. The van der Waals surface area contributed by atoms with E-state index in [4.69, 9.17) is 15.2 Å². The van der Waals surface area contributed by atoms with Gasteiger partial charge in [0.1, 0.15) is 30.2 Å². The van der Waals surface area contributed by atoms with Gasteiger partial charge in [0.05, 0.1) is 18.9 Å². The summed E-state index contributed by atoms with van der Waals surface area (Å²) in [7, 11) is 1.81. The van der Waals surface area contributed by atoms with Crippen LogP contribution in [0.4, 0.5) is 5.69 Å². The van der Waals surface area contributed by atoms with E-state index in [1.165, 1.54) is 6.33 Å². The van der Waals surface area contributed by atoms with Crippen molar-refractivity contribution in [1.82, 2.24) is 14.8 Å². The Morgan fingerprint density at radius 3 is 2.67 bits per heavy atom. The second-order valence-electron chi connectivity index (χ2n) is 4.65. The summed E-state index contributed by atoms with van der Waals surface area (Å²) in [6.45, 7) is 5.33. The van der Waals surface area contributed by atoms with Gasteiger partial charge in [-0.15, -0.1) is 24.0 Å². The van der Waals surface area contributed by atoms with E-state index in [2.05, 4.69) is 20.4 Å². The molecule has 0 fully saturated rings. The molecule has 0 spiro atoms. The highest BCUT2D eigenvalue weighted by molar-refractivity contribution is 14.0. The highest BCUT2D eigenvalue weighted by Gasteiger charge is 2.07. The second kappa shape index (κ2) is 9.96. The average molecular weight is 446 g/mol. The minimum atomic E-state index is 0. The fourth-order valence-corrected chi connectivity index (χ4v) is 1.94. The summed E-state index contributed by atoms with van der Waals surface area (Å²) in [4.78, 5) is 8.36. The molecule has 1 aromatic heterocycles. The van der Waals surface area contributed by atoms with Crippen LogP contribution in [0.1, 0.15) is 19.7 Å². The van der Waals surface area contributed by atoms with Gasteiger partial charge in [0, 0.05) is 13.1 Å². The average Bonchev–Trinajstić information content (AvgIpc) is 2.93. The van der Waals surface area contributed by atoms with E-state index >= 15 is 0 Å². The van der Waals surface area contributed by atoms with Crippen LogP contribution in [0.2, 0.25) is 0 Å². The lowest BCUT2D eigenvalue weighted by Gasteiger charge is -2.13. The summed E-state index contributed by atoms with van der Waals surface area (Å²) >= 11 is 0. The molecule has 0 aliphatic carbocycles. The van der Waals surface area contributed by atoms with Gasteiger partial charge in [-0.2, -0.15) is 5.10 Å². The van der Waals surface area contributed by atoms with Crippen LogP contribution in [0.25, 0.3) is 0 Å². The van der Waals surface area contributed by atoms with Crippen molar-refractivity contribution in [3.63, 3.8) is 0 Å². The summed E-state index contributed by atoms with van der Waals surface area (Å²) in [6, 6.07) is 5.53. The van der Waals surface area contributed by atoms with Crippen LogP contribution in [0.15, 0.2) is 29.5 Å². The van der Waals surface area contributed by atoms with E-state index in [0.717, 1.165) is 11.6 Å². The van der Waals surface area contributed by atoms with Crippen molar-refractivity contribution in [2.75, 3.05) is 18.5 Å². The van der Waals surface area contributed by atoms with Crippen LogP contribution in [-0.4, -0.2) is 33.9 Å². The van der Waals surface area contributed by atoms with E-state index < -0.39 is 0 Å². The molecule has 1 aromatic carbocycles. The van der Waals surface area contributed by atoms with Gasteiger partial charge in [-0.05, 0) is 26.0 Å². The summed E-state index contributed by atoms with van der Waals surface area (Å²) in [5.41, 5.74) is 6.65. The summed E-state index contributed by atoms with van der Waals surface area (Å²) in [5.74, 6) is 2.41. The standard InChI is InChI=1S/C15H22N6O2.HI/c1-4-22-11-6-7-13(23-5-2)12(8-11)20-15(16)17-9-14-18-10-19-21(14)3;/h6-8,10H,4-5,9H2,1-3H3,(H3,16,17,20);1H. The van der Waals surface area contributed by atoms with Crippen LogP contribution < -0.4 is 20.5 Å². The van der Waals surface area contributed by atoms with Crippen LogP contribution >= 0.6 is 24.0 Å². The molecule has 9 heteroatoms. The monoisotopic (exact) mass is 446 g/mol. The molecule has 0 atom stereocenters. The number of aliphatic imine (C=N–C) groups is 1. The number of hydrogen-bond donors (Lipinski definition) is 2. The Labute approximate surface area is 158 Å². The van der Waals surface area contributed by atoms with Crippen molar-refractivity contribution in [1.29, 1.82) is 0 Å². The number of anilines is 1. The zero-order valence-corrected chi connectivity index (χ0v) is 16.4. The van der Waals surface area contributed by atoms with E-state index in [1.807, 2.05) is 32.0 Å². The number of hydrogen-bond acceptors (Lipinski definition) is 5. The molecule has 0 bridgehead atoms. The Hall–Kier alpha value is -2.04. The van der Waals surface area contributed by atoms with Gasteiger partial charge >= 0.3 is 0 Å². The number of nitrogens with zero attached hydrogens (tertiary/aromatic N) is 4. The van der Waals surface area contributed by atoms with Crippen molar-refractivity contribution in [2.24, 2.45) is 17.8 Å². The maximum atomic E-state index is 5.95. The maximum absolute atomic E-state index is 5.95. The van der Waals surface area contributed by atoms with Crippen molar-refractivity contribution < 1.29 is 9.47 Å². The lowest BCUT2D eigenvalue weighted by atomic mass is 10.2. The number of nitrogens with two attached hydrogens (primary N) is 1. The Bertz CT molecular complexity index is 674. The van der Waals surface area contributed by atoms with Gasteiger partial charge in [-0.25, -0.2) is 9.98 Å². The Morgan fingerprint density at radius 1 is 1.29 bits per heavy atom. The van der Waals surface area contributed by atoms with Crippen molar-refractivity contribution in [3.05, 3.63) is 30.4 Å². The second-order valence-corrected chi connectivity index (χ2v) is 4.65. The molecular weight excluding hydrogens is 423 g/mol. The maximum Gasteiger partial charge on any atom is 0.193 e. The normalized spacial score (nSPS) is 10.9. The molecule has 0 aliphatic rings. The van der Waals surface area contributed by atoms with Crippen LogP contribution in [0, 0.1) is 0 Å². The van der Waals surface area contributed by atoms with Gasteiger partial charge in [-0.3, -0.25) is 4.68 Å². The summed E-state index contributed by atoms with van der Waals surface area (Å²) in [6.07, 6.45) is 1.48. The Balaban J connectivity index is 0.00000288. The smallest absolute Gasteiger partial charge is 0.193 e. The number of benzene rings is 1. The molecule has 8 nitrogen and oxygen atoms in total. The predicted molar refractivity (Wildman–Crippen MR) is 104 cm³/mol. The SMILES string of the molecule is CCOc1ccc(OCC)c(NC(N)=NCc2ncnn2C)c1.I. The van der Waals surface area contributed by atoms with Gasteiger partial charge in [0.25, 0.3) is 0 Å². The molecular formula is C15H23IN6O2. The zero-order chi connectivity index (χ0) is 16.7. The van der Waals surface area contributed by atoms with Gasteiger partial charge in [-0.1, -0.05) is 0 Å². The van der Waals surface area contributed by atoms with Gasteiger partial charge < -0.3 is 20.5 Å². The third-order valence-electron chi connectivity index (χ3n) is 3.02. The Morgan fingerprint density at radius 2 is 2.04 bits per heavy atom. The number of aromatic nitrogens is 3. The number of nitrogens with one attached hydrogen (secondary N) is 1. The molecule has 2 aromatic rings. The summed E-state index contributed by atoms with van der Waals surface area (Å²) in [5, 5.41) is 7.03. The lowest BCUT2D eigenvalue weighted by molar-refractivity contribution is 0.332. The molecule has 0 saturated heterocycles. The first-order chi connectivity index (χ1) is 11.1. The van der Waals surface area contributed by atoms with Crippen molar-refractivity contribution in [2.45, 2.75) is 20.4 Å². The van der Waals surface area contributed by atoms with E-state index in [-0.39, 0.29) is 29.9 Å². The van der Waals surface area contributed by atoms with Gasteiger partial charge in [0.2, 0.25) is 0 Å². The fraction of sp³-hybridized carbons (Fsp3) is 0.400. The number of guanidine groups is 1. The first kappa shape index (κ1) is 20.0. The highest BCUT2D eigenvalue weighted by atomic mass is 127. The Kier molecular flexibility index (Phi) is 8.30. The molecule has 0 aliphatic heterocycles. The van der Waals surface area contributed by atoms with Crippen LogP contribution in [0.3, 0.4) is 0 Å². The van der Waals surface area contributed by atoms with E-state index in [0.29, 0.717) is 31.2 Å².